The van der Waals surface area contributed by atoms with Gasteiger partial charge in [-0.3, -0.25) is 4.79 Å². The molecule has 1 aliphatic rings. The van der Waals surface area contributed by atoms with Crippen LogP contribution in [0.15, 0.2) is 54.7 Å². The first-order chi connectivity index (χ1) is 18.4. The summed E-state index contributed by atoms with van der Waals surface area (Å²) in [6, 6.07) is 12.8. The third-order valence-electron chi connectivity index (χ3n) is 6.95. The van der Waals surface area contributed by atoms with Crippen molar-refractivity contribution in [3.05, 3.63) is 70.3 Å². The molecule has 2 heterocycles. The molecule has 0 saturated carbocycles. The normalized spacial score (nSPS) is 17.5. The number of nitrogens with zero attached hydrogens (tertiary/aromatic N) is 3. The summed E-state index contributed by atoms with van der Waals surface area (Å²) in [6.45, 7) is 0.448. The Labute approximate surface area is 235 Å². The maximum Gasteiger partial charge on any atom is 0.387 e. The minimum absolute atomic E-state index is 0.147. The number of rotatable bonds is 8. The zero-order chi connectivity index (χ0) is 28.5. The lowest BCUT2D eigenvalue weighted by Gasteiger charge is -2.32. The number of aliphatic hydroxyl groups is 2. The highest BCUT2D eigenvalue weighted by Crippen LogP contribution is 2.40. The van der Waals surface area contributed by atoms with Gasteiger partial charge >= 0.3 is 6.61 Å². The van der Waals surface area contributed by atoms with Crippen molar-refractivity contribution in [2.75, 3.05) is 30.0 Å². The van der Waals surface area contributed by atoms with E-state index in [1.165, 1.54) is 23.1 Å². The topological polar surface area (TPSA) is 86.1 Å². The van der Waals surface area contributed by atoms with Crippen molar-refractivity contribution >= 4 is 40.6 Å². The Morgan fingerprint density at radius 2 is 1.92 bits per heavy atom. The molecule has 1 saturated heterocycles. The number of β-amino-alcohol motifs (C(OH)–C–C–N with tert-alkyl or cyclic N) is 1. The van der Waals surface area contributed by atoms with Gasteiger partial charge in [0.25, 0.3) is 0 Å². The minimum atomic E-state index is -3.04. The maximum absolute atomic E-state index is 13.9. The van der Waals surface area contributed by atoms with Crippen molar-refractivity contribution in [3.8, 4) is 16.9 Å². The van der Waals surface area contributed by atoms with Crippen LogP contribution in [-0.2, 0) is 10.2 Å². The number of benzene rings is 2. The lowest BCUT2D eigenvalue weighted by atomic mass is 9.83. The van der Waals surface area contributed by atoms with Gasteiger partial charge in [-0.05, 0) is 56.2 Å². The summed E-state index contributed by atoms with van der Waals surface area (Å²) in [6.07, 6.45) is 1.35. The number of hydrogen-bond acceptors (Lipinski definition) is 6. The number of carbonyl (C=O) groups excluding carboxylic acids is 1. The van der Waals surface area contributed by atoms with Gasteiger partial charge in [0.05, 0.1) is 36.1 Å². The van der Waals surface area contributed by atoms with Crippen LogP contribution in [0.2, 0.25) is 10.0 Å². The number of amides is 1. The lowest BCUT2D eigenvalue weighted by Crippen LogP contribution is -2.42. The summed E-state index contributed by atoms with van der Waals surface area (Å²) in [5, 5.41) is 20.6. The van der Waals surface area contributed by atoms with Gasteiger partial charge < -0.3 is 24.7 Å². The number of ether oxygens (including phenoxy) is 1. The first kappa shape index (κ1) is 29.0. The maximum atomic E-state index is 13.9. The van der Waals surface area contributed by atoms with Gasteiger partial charge in [0.2, 0.25) is 5.91 Å². The predicted octanol–water partition coefficient (Wildman–Crippen LogP) is 5.53. The predicted molar refractivity (Wildman–Crippen MR) is 148 cm³/mol. The largest absolute Gasteiger partial charge is 0.435 e. The molecule has 0 radical (unpaired) electrons. The Morgan fingerprint density at radius 3 is 2.59 bits per heavy atom. The summed E-state index contributed by atoms with van der Waals surface area (Å²) in [5.74, 6) is 0.0125. The van der Waals surface area contributed by atoms with Crippen molar-refractivity contribution in [2.24, 2.45) is 0 Å². The number of anilines is 2. The third-order valence-corrected chi connectivity index (χ3v) is 7.50. The smallest absolute Gasteiger partial charge is 0.387 e. The number of hydrogen-bond donors (Lipinski definition) is 2. The van der Waals surface area contributed by atoms with Gasteiger partial charge in [0, 0.05) is 34.8 Å². The summed E-state index contributed by atoms with van der Waals surface area (Å²) in [5.41, 5.74) is 0.922. The fraction of sp³-hybridized carbons (Fsp3) is 0.357. The van der Waals surface area contributed by atoms with E-state index in [1.54, 1.807) is 45.3 Å². The molecule has 0 spiro atoms. The molecular weight excluding hydrogens is 551 g/mol. The third kappa shape index (κ3) is 6.11. The second-order valence-electron chi connectivity index (χ2n) is 9.96. The van der Waals surface area contributed by atoms with Crippen LogP contribution in [0.1, 0.15) is 25.8 Å². The molecule has 1 fully saturated rings. The molecule has 7 nitrogen and oxygen atoms in total. The van der Waals surface area contributed by atoms with E-state index in [4.69, 9.17) is 23.2 Å². The number of likely N-dealkylation sites (N-methyl/N-ethyl adjacent to an activating group) is 1. The van der Waals surface area contributed by atoms with Crippen LogP contribution in [0.5, 0.6) is 5.75 Å². The van der Waals surface area contributed by atoms with E-state index in [0.717, 1.165) is 0 Å². The Hall–Kier alpha value is -2.98. The van der Waals surface area contributed by atoms with Gasteiger partial charge in [-0.15, -0.1) is 0 Å². The van der Waals surface area contributed by atoms with Crippen molar-refractivity contribution < 1.29 is 28.5 Å². The van der Waals surface area contributed by atoms with E-state index >= 15 is 0 Å². The monoisotopic (exact) mass is 579 g/mol. The van der Waals surface area contributed by atoms with E-state index in [1.807, 2.05) is 17.0 Å². The Bertz CT molecular complexity index is 1360. The zero-order valence-corrected chi connectivity index (χ0v) is 23.1. The number of aromatic nitrogens is 1. The second-order valence-corrected chi connectivity index (χ2v) is 10.8. The van der Waals surface area contributed by atoms with Gasteiger partial charge in [0.15, 0.2) is 0 Å². The van der Waals surface area contributed by atoms with Gasteiger partial charge in [-0.1, -0.05) is 41.4 Å². The number of alkyl halides is 2. The lowest BCUT2D eigenvalue weighted by molar-refractivity contribution is -0.122. The molecular formula is C28H29Cl2F2N3O4. The molecule has 4 rings (SSSR count). The molecule has 208 valence electrons. The number of carbonyl (C=O) groups is 1. The standard InChI is InChI=1S/C28H29Cl2F2N3O4/c1-28(2,16-8-17(29)10-20(9-16)39-27(31)32)26(38)34(3)24-13-33-25(35-14-19(37)11-18(35)15-36)12-22(24)21-6-4-5-7-23(21)30/h4-10,12-13,18-19,27,36-37H,11,14-15H2,1-3H3. The van der Waals surface area contributed by atoms with Crippen LogP contribution in [0.25, 0.3) is 11.1 Å². The van der Waals surface area contributed by atoms with Crippen molar-refractivity contribution in [2.45, 2.75) is 44.4 Å². The Kier molecular flexibility index (Phi) is 8.66. The van der Waals surface area contributed by atoms with Crippen LogP contribution in [0.3, 0.4) is 0 Å². The molecule has 2 unspecified atom stereocenters. The molecule has 1 aromatic heterocycles. The molecule has 2 atom stereocenters. The molecule has 39 heavy (non-hydrogen) atoms. The highest BCUT2D eigenvalue weighted by atomic mass is 35.5. The fourth-order valence-electron chi connectivity index (χ4n) is 4.85. The molecule has 11 heteroatoms. The van der Waals surface area contributed by atoms with Crippen LogP contribution in [0.4, 0.5) is 20.3 Å². The zero-order valence-electron chi connectivity index (χ0n) is 21.6. The number of aliphatic hydroxyl groups excluding tert-OH is 2. The highest BCUT2D eigenvalue weighted by molar-refractivity contribution is 6.33. The van der Waals surface area contributed by atoms with Crippen molar-refractivity contribution in [1.82, 2.24) is 4.98 Å². The van der Waals surface area contributed by atoms with E-state index in [-0.39, 0.29) is 29.3 Å². The molecule has 1 aliphatic heterocycles. The van der Waals surface area contributed by atoms with Crippen LogP contribution in [-0.4, -0.2) is 60.1 Å². The molecule has 0 bridgehead atoms. The summed E-state index contributed by atoms with van der Waals surface area (Å²) >= 11 is 12.7. The van der Waals surface area contributed by atoms with E-state index < -0.39 is 18.1 Å². The average molecular weight is 580 g/mol. The average Bonchev–Trinajstić information content (AvgIpc) is 3.27. The van der Waals surface area contributed by atoms with Crippen molar-refractivity contribution in [1.29, 1.82) is 0 Å². The first-order valence-corrected chi connectivity index (χ1v) is 13.0. The molecule has 0 aliphatic carbocycles. The van der Waals surface area contributed by atoms with Gasteiger partial charge in [-0.25, -0.2) is 4.98 Å². The quantitative estimate of drug-likeness (QED) is 0.365. The van der Waals surface area contributed by atoms with E-state index in [9.17, 15) is 23.8 Å². The SMILES string of the molecule is CN(C(=O)C(C)(C)c1cc(Cl)cc(OC(F)F)c1)c1cnc(N2CC(O)CC2CO)cc1-c1ccccc1Cl. The van der Waals surface area contributed by atoms with Gasteiger partial charge in [-0.2, -0.15) is 8.78 Å². The Morgan fingerprint density at radius 1 is 1.21 bits per heavy atom. The van der Waals surface area contributed by atoms with E-state index in [0.29, 0.717) is 46.2 Å². The number of halogens is 4. The van der Waals surface area contributed by atoms with Crippen molar-refractivity contribution in [3.63, 3.8) is 0 Å². The first-order valence-electron chi connectivity index (χ1n) is 12.3. The summed E-state index contributed by atoms with van der Waals surface area (Å²) in [4.78, 5) is 21.8. The number of pyridine rings is 1. The molecule has 2 aromatic carbocycles. The van der Waals surface area contributed by atoms with Crippen LogP contribution in [0, 0.1) is 0 Å². The summed E-state index contributed by atoms with van der Waals surface area (Å²) in [7, 11) is 1.60. The second kappa shape index (κ2) is 11.6. The van der Waals surface area contributed by atoms with Crippen LogP contribution >= 0.6 is 23.2 Å². The fourth-order valence-corrected chi connectivity index (χ4v) is 5.31. The molecule has 3 aromatic rings. The van der Waals surface area contributed by atoms with Crippen LogP contribution < -0.4 is 14.5 Å². The van der Waals surface area contributed by atoms with E-state index in [2.05, 4.69) is 9.72 Å². The summed E-state index contributed by atoms with van der Waals surface area (Å²) < 4.78 is 30.2. The highest BCUT2D eigenvalue weighted by Gasteiger charge is 2.36. The molecule has 2 N–H and O–H groups in total. The minimum Gasteiger partial charge on any atom is -0.435 e. The molecule has 1 amide bonds. The Balaban J connectivity index is 1.77. The van der Waals surface area contributed by atoms with Gasteiger partial charge in [0.1, 0.15) is 11.6 Å².